The van der Waals surface area contributed by atoms with E-state index in [0.29, 0.717) is 33.0 Å². The molecule has 0 amide bonds. The van der Waals surface area contributed by atoms with Crippen molar-refractivity contribution in [1.29, 1.82) is 0 Å². The molecule has 1 unspecified atom stereocenters. The van der Waals surface area contributed by atoms with Gasteiger partial charge in [0.15, 0.2) is 4.80 Å². The van der Waals surface area contributed by atoms with E-state index in [1.54, 1.807) is 25.5 Å². The maximum atomic E-state index is 13.9. The number of esters is 1. The van der Waals surface area contributed by atoms with Gasteiger partial charge in [-0.15, -0.1) is 0 Å². The lowest BCUT2D eigenvalue weighted by Crippen LogP contribution is -2.39. The van der Waals surface area contributed by atoms with Crippen molar-refractivity contribution in [3.63, 3.8) is 0 Å². The van der Waals surface area contributed by atoms with Crippen LogP contribution in [0, 0.1) is 13.8 Å². The van der Waals surface area contributed by atoms with Crippen LogP contribution in [0.25, 0.3) is 6.08 Å². The van der Waals surface area contributed by atoms with E-state index < -0.39 is 12.0 Å². The van der Waals surface area contributed by atoms with Crippen LogP contribution in [-0.2, 0) is 16.1 Å². The van der Waals surface area contributed by atoms with Gasteiger partial charge in [0.05, 0.1) is 35.6 Å². The maximum absolute atomic E-state index is 13.9. The van der Waals surface area contributed by atoms with Crippen molar-refractivity contribution >= 4 is 23.4 Å². The molecule has 0 saturated heterocycles. The molecule has 0 spiro atoms. The quantitative estimate of drug-likeness (QED) is 0.280. The largest absolute Gasteiger partial charge is 0.496 e. The van der Waals surface area contributed by atoms with Gasteiger partial charge < -0.3 is 14.2 Å². The lowest BCUT2D eigenvalue weighted by molar-refractivity contribution is -0.139. The number of fused-ring (bicyclic) bond motifs is 1. The van der Waals surface area contributed by atoms with Crippen molar-refractivity contribution in [3.05, 3.63) is 126 Å². The van der Waals surface area contributed by atoms with Crippen LogP contribution in [0.2, 0.25) is 0 Å². The lowest BCUT2D eigenvalue weighted by Gasteiger charge is -2.24. The Morgan fingerprint density at radius 2 is 1.80 bits per heavy atom. The van der Waals surface area contributed by atoms with E-state index in [2.05, 4.69) is 18.0 Å². The molecule has 3 aromatic carbocycles. The summed E-state index contributed by atoms with van der Waals surface area (Å²) in [5.41, 5.74) is 5.44. The van der Waals surface area contributed by atoms with Gasteiger partial charge in [0.1, 0.15) is 18.1 Å². The Labute approximate surface area is 242 Å². The molecule has 41 heavy (non-hydrogen) atoms. The zero-order chi connectivity index (χ0) is 29.1. The van der Waals surface area contributed by atoms with Crippen LogP contribution in [0.3, 0.4) is 0 Å². The van der Waals surface area contributed by atoms with Gasteiger partial charge in [-0.25, -0.2) is 9.79 Å². The Hall–Kier alpha value is -4.43. The highest BCUT2D eigenvalue weighted by atomic mass is 32.1. The Morgan fingerprint density at radius 1 is 1.02 bits per heavy atom. The minimum absolute atomic E-state index is 0.221. The third-order valence-corrected chi connectivity index (χ3v) is 8.16. The summed E-state index contributed by atoms with van der Waals surface area (Å²) >= 11 is 1.30. The summed E-state index contributed by atoms with van der Waals surface area (Å²) in [6.07, 6.45) is 1.84. The number of carbonyl (C=O) groups is 1. The van der Waals surface area contributed by atoms with E-state index in [4.69, 9.17) is 14.2 Å². The van der Waals surface area contributed by atoms with Gasteiger partial charge in [0, 0.05) is 5.56 Å². The molecule has 0 fully saturated rings. The number of benzene rings is 3. The van der Waals surface area contributed by atoms with Crippen LogP contribution < -0.4 is 24.4 Å². The van der Waals surface area contributed by atoms with Crippen molar-refractivity contribution in [2.75, 3.05) is 13.7 Å². The van der Waals surface area contributed by atoms with Crippen LogP contribution in [0.1, 0.15) is 47.7 Å². The summed E-state index contributed by atoms with van der Waals surface area (Å²) in [7, 11) is 1.63. The second kappa shape index (κ2) is 12.0. The number of hydrogen-bond acceptors (Lipinski definition) is 7. The van der Waals surface area contributed by atoms with Crippen LogP contribution in [-0.4, -0.2) is 24.3 Å². The van der Waals surface area contributed by atoms with Gasteiger partial charge in [-0.2, -0.15) is 0 Å². The summed E-state index contributed by atoms with van der Waals surface area (Å²) in [4.78, 5) is 32.1. The molecule has 1 atom stereocenters. The van der Waals surface area contributed by atoms with Gasteiger partial charge in [-0.05, 0) is 74.2 Å². The highest BCUT2D eigenvalue weighted by Crippen LogP contribution is 2.30. The molecule has 0 N–H and O–H groups in total. The van der Waals surface area contributed by atoms with Crippen LogP contribution >= 0.6 is 11.3 Å². The number of nitrogens with zero attached hydrogens (tertiary/aromatic N) is 2. The van der Waals surface area contributed by atoms with Crippen LogP contribution in [0.15, 0.2) is 87.8 Å². The standard InChI is InChI=1S/C33H32N2O5S/c1-6-39-32(37)29-22(4)34-33-35(30(29)24-12-8-7-9-13-24)31(36)28(41-33)18-23-15-16-27(38-5)25(17-23)19-40-26-14-10-11-20(2)21(26)3/h7-18,30H,6,19H2,1-5H3. The Balaban J connectivity index is 1.57. The van der Waals surface area contributed by atoms with Crippen molar-refractivity contribution in [1.82, 2.24) is 4.57 Å². The normalized spacial score (nSPS) is 14.9. The van der Waals surface area contributed by atoms with Crippen molar-refractivity contribution < 1.29 is 19.0 Å². The molecular weight excluding hydrogens is 536 g/mol. The number of rotatable bonds is 8. The summed E-state index contributed by atoms with van der Waals surface area (Å²) in [6, 6.07) is 20.6. The minimum Gasteiger partial charge on any atom is -0.496 e. The number of thiazole rings is 1. The van der Waals surface area contributed by atoms with E-state index in [1.165, 1.54) is 11.3 Å². The molecule has 0 radical (unpaired) electrons. The second-order valence-electron chi connectivity index (χ2n) is 9.77. The predicted octanol–water partition coefficient (Wildman–Crippen LogP) is 5.00. The number of methoxy groups -OCH3 is 1. The highest BCUT2D eigenvalue weighted by Gasteiger charge is 2.33. The molecular formula is C33H32N2O5S. The Kier molecular flexibility index (Phi) is 8.21. The predicted molar refractivity (Wildman–Crippen MR) is 160 cm³/mol. The molecule has 7 nitrogen and oxygen atoms in total. The molecule has 1 aliphatic rings. The average molecular weight is 569 g/mol. The van der Waals surface area contributed by atoms with Gasteiger partial charge in [-0.3, -0.25) is 9.36 Å². The number of aromatic nitrogens is 1. The van der Waals surface area contributed by atoms with Crippen LogP contribution in [0.4, 0.5) is 0 Å². The molecule has 0 bridgehead atoms. The fraction of sp³-hybridized carbons (Fsp3) is 0.242. The van der Waals surface area contributed by atoms with Crippen molar-refractivity contribution in [2.24, 2.45) is 4.99 Å². The molecule has 1 aliphatic heterocycles. The van der Waals surface area contributed by atoms with Gasteiger partial charge in [-0.1, -0.05) is 59.9 Å². The van der Waals surface area contributed by atoms with E-state index in [9.17, 15) is 9.59 Å². The zero-order valence-electron chi connectivity index (χ0n) is 23.8. The van der Waals surface area contributed by atoms with E-state index >= 15 is 0 Å². The van der Waals surface area contributed by atoms with Gasteiger partial charge >= 0.3 is 5.97 Å². The number of aryl methyl sites for hydroxylation is 1. The first-order valence-electron chi connectivity index (χ1n) is 13.4. The van der Waals surface area contributed by atoms with E-state index in [1.807, 2.05) is 73.7 Å². The van der Waals surface area contributed by atoms with Crippen molar-refractivity contribution in [3.8, 4) is 11.5 Å². The first-order chi connectivity index (χ1) is 19.8. The minimum atomic E-state index is -0.633. The topological polar surface area (TPSA) is 79.1 Å². The fourth-order valence-corrected chi connectivity index (χ4v) is 5.98. The lowest BCUT2D eigenvalue weighted by atomic mass is 9.96. The fourth-order valence-electron chi connectivity index (χ4n) is 4.93. The number of hydrogen-bond donors (Lipinski definition) is 0. The molecule has 0 saturated carbocycles. The molecule has 5 rings (SSSR count). The monoisotopic (exact) mass is 568 g/mol. The molecule has 1 aromatic heterocycles. The Bertz CT molecular complexity index is 1820. The first kappa shape index (κ1) is 28.1. The smallest absolute Gasteiger partial charge is 0.338 e. The summed E-state index contributed by atoms with van der Waals surface area (Å²) in [5, 5.41) is 0. The zero-order valence-corrected chi connectivity index (χ0v) is 24.6. The summed E-state index contributed by atoms with van der Waals surface area (Å²) < 4.78 is 19.2. The number of ether oxygens (including phenoxy) is 3. The van der Waals surface area contributed by atoms with Crippen LogP contribution in [0.5, 0.6) is 11.5 Å². The van der Waals surface area contributed by atoms with Gasteiger partial charge in [0.25, 0.3) is 5.56 Å². The van der Waals surface area contributed by atoms with E-state index in [0.717, 1.165) is 33.6 Å². The second-order valence-corrected chi connectivity index (χ2v) is 10.8. The number of allylic oxidation sites excluding steroid dienone is 1. The molecule has 0 aliphatic carbocycles. The third kappa shape index (κ3) is 5.60. The molecule has 2 heterocycles. The molecule has 8 heteroatoms. The first-order valence-corrected chi connectivity index (χ1v) is 14.2. The summed E-state index contributed by atoms with van der Waals surface area (Å²) in [6.45, 7) is 8.18. The van der Waals surface area contributed by atoms with Crippen molar-refractivity contribution in [2.45, 2.75) is 40.3 Å². The SMILES string of the molecule is CCOC(=O)C1=C(C)N=c2sc(=Cc3ccc(OC)c(COc4cccc(C)c4C)c3)c(=O)n2C1c1ccccc1. The number of carbonyl (C=O) groups excluding carboxylic acids is 1. The Morgan fingerprint density at radius 3 is 2.54 bits per heavy atom. The average Bonchev–Trinajstić information content (AvgIpc) is 3.27. The van der Waals surface area contributed by atoms with E-state index in [-0.39, 0.29) is 12.2 Å². The highest BCUT2D eigenvalue weighted by molar-refractivity contribution is 7.07. The summed E-state index contributed by atoms with van der Waals surface area (Å²) in [5.74, 6) is 1.05. The van der Waals surface area contributed by atoms with Gasteiger partial charge in [0.2, 0.25) is 0 Å². The maximum Gasteiger partial charge on any atom is 0.338 e. The third-order valence-electron chi connectivity index (χ3n) is 7.17. The molecule has 210 valence electrons. The molecule has 4 aromatic rings.